The number of hydrogen-bond acceptors (Lipinski definition) is 6. The topological polar surface area (TPSA) is 96.8 Å². The van der Waals surface area contributed by atoms with Crippen LogP contribution in [0.4, 0.5) is 33.3 Å². The summed E-state index contributed by atoms with van der Waals surface area (Å²) in [5.74, 6) is -0.567. The number of carbonyl (C=O) groups excluding carboxylic acids is 1. The van der Waals surface area contributed by atoms with Crippen molar-refractivity contribution in [2.75, 3.05) is 24.7 Å². The SMILES string of the molecule is CC(COC(=O)/C=C/c1ccc(OC(F)(F)c2ccc(OCCCCC(F)(F)F)cc2)cc1)c1ccc(N)cc1N. The molecule has 3 aromatic carbocycles. The van der Waals surface area contributed by atoms with Crippen LogP contribution in [-0.4, -0.2) is 25.4 Å². The molecule has 0 aliphatic heterocycles. The number of ether oxygens (including phenoxy) is 3. The number of esters is 1. The molecule has 0 aliphatic rings. The van der Waals surface area contributed by atoms with E-state index in [1.807, 2.05) is 6.92 Å². The van der Waals surface area contributed by atoms with E-state index in [4.69, 9.17) is 25.7 Å². The summed E-state index contributed by atoms with van der Waals surface area (Å²) in [5.41, 5.74) is 13.7. The van der Waals surface area contributed by atoms with E-state index in [0.717, 1.165) is 17.7 Å². The zero-order valence-electron chi connectivity index (χ0n) is 22.3. The first kappa shape index (κ1) is 31.3. The highest BCUT2D eigenvalue weighted by atomic mass is 19.4. The van der Waals surface area contributed by atoms with Crippen molar-refractivity contribution in [3.05, 3.63) is 89.5 Å². The fourth-order valence-corrected chi connectivity index (χ4v) is 3.77. The van der Waals surface area contributed by atoms with E-state index in [1.54, 1.807) is 18.2 Å². The van der Waals surface area contributed by atoms with E-state index in [0.29, 0.717) is 16.9 Å². The largest absolute Gasteiger partial charge is 0.494 e. The van der Waals surface area contributed by atoms with Gasteiger partial charge in [-0.15, -0.1) is 0 Å². The van der Waals surface area contributed by atoms with Crippen molar-refractivity contribution in [3.8, 4) is 11.5 Å². The Bertz CT molecular complexity index is 1310. The molecule has 0 saturated heterocycles. The number of unbranched alkanes of at least 4 members (excludes halogenated alkanes) is 1. The maximum absolute atomic E-state index is 14.7. The Labute approximate surface area is 234 Å². The Morgan fingerprint density at radius 2 is 1.56 bits per heavy atom. The molecule has 1 unspecified atom stereocenters. The van der Waals surface area contributed by atoms with E-state index in [-0.39, 0.29) is 43.5 Å². The van der Waals surface area contributed by atoms with E-state index >= 15 is 0 Å². The third kappa shape index (κ3) is 10.3. The fourth-order valence-electron chi connectivity index (χ4n) is 3.77. The van der Waals surface area contributed by atoms with Crippen LogP contribution in [0.25, 0.3) is 6.08 Å². The second-order valence-electron chi connectivity index (χ2n) is 9.39. The van der Waals surface area contributed by atoms with Gasteiger partial charge in [0.25, 0.3) is 0 Å². The first-order chi connectivity index (χ1) is 19.3. The van der Waals surface area contributed by atoms with E-state index in [9.17, 15) is 26.7 Å². The molecule has 4 N–H and O–H groups in total. The summed E-state index contributed by atoms with van der Waals surface area (Å²) in [4.78, 5) is 12.1. The van der Waals surface area contributed by atoms with Gasteiger partial charge < -0.3 is 25.7 Å². The highest BCUT2D eigenvalue weighted by Crippen LogP contribution is 2.33. The molecule has 6 nitrogen and oxygen atoms in total. The van der Waals surface area contributed by atoms with Gasteiger partial charge in [-0.05, 0) is 78.6 Å². The van der Waals surface area contributed by atoms with Crippen LogP contribution in [0.3, 0.4) is 0 Å². The van der Waals surface area contributed by atoms with Crippen molar-refractivity contribution in [1.29, 1.82) is 0 Å². The highest BCUT2D eigenvalue weighted by Gasteiger charge is 2.34. The minimum atomic E-state index is -4.22. The number of nitrogen functional groups attached to an aromatic ring is 2. The van der Waals surface area contributed by atoms with Crippen molar-refractivity contribution in [1.82, 2.24) is 0 Å². The Morgan fingerprint density at radius 3 is 2.20 bits per heavy atom. The smallest absolute Gasteiger partial charge is 0.426 e. The van der Waals surface area contributed by atoms with Crippen molar-refractivity contribution in [2.24, 2.45) is 0 Å². The van der Waals surface area contributed by atoms with Gasteiger partial charge in [0.05, 0.1) is 18.8 Å². The summed E-state index contributed by atoms with van der Waals surface area (Å²) in [7, 11) is 0. The standard InChI is InChI=1S/C30H31F5N2O4/c1-20(26-14-9-23(36)18-27(26)37)19-40-28(38)15-6-21-4-10-25(11-5-21)41-30(34,35)22-7-12-24(13-8-22)39-17-3-2-16-29(31,32)33/h4-15,18,20H,2-3,16-17,19,36-37H2,1H3/b15-6+. The van der Waals surface area contributed by atoms with Crippen LogP contribution in [-0.2, 0) is 15.6 Å². The van der Waals surface area contributed by atoms with Crippen LogP contribution in [0.5, 0.6) is 11.5 Å². The molecule has 0 amide bonds. The van der Waals surface area contributed by atoms with Gasteiger partial charge in [0.15, 0.2) is 0 Å². The van der Waals surface area contributed by atoms with E-state index < -0.39 is 30.2 Å². The Kier molecular flexibility index (Phi) is 10.6. The predicted octanol–water partition coefficient (Wildman–Crippen LogP) is 7.45. The Hall–Kier alpha value is -4.28. The second-order valence-corrected chi connectivity index (χ2v) is 9.39. The molecule has 0 aromatic heterocycles. The number of carbonyl (C=O) groups is 1. The first-order valence-electron chi connectivity index (χ1n) is 12.8. The van der Waals surface area contributed by atoms with Gasteiger partial charge in [-0.3, -0.25) is 0 Å². The summed E-state index contributed by atoms with van der Waals surface area (Å²) in [5, 5.41) is 0. The van der Waals surface area contributed by atoms with Crippen LogP contribution < -0.4 is 20.9 Å². The van der Waals surface area contributed by atoms with Gasteiger partial charge in [0.2, 0.25) is 0 Å². The summed E-state index contributed by atoms with van der Waals surface area (Å²) in [6.45, 7) is 2.01. The molecule has 1 atom stereocenters. The number of benzene rings is 3. The second kappa shape index (κ2) is 13.9. The van der Waals surface area contributed by atoms with Gasteiger partial charge in [0, 0.05) is 29.8 Å². The lowest BCUT2D eigenvalue weighted by Gasteiger charge is -2.18. The number of rotatable bonds is 13. The van der Waals surface area contributed by atoms with E-state index in [1.165, 1.54) is 48.6 Å². The molecule has 220 valence electrons. The maximum atomic E-state index is 14.7. The molecule has 11 heteroatoms. The maximum Gasteiger partial charge on any atom is 0.426 e. The lowest BCUT2D eigenvalue weighted by molar-refractivity contribution is -0.185. The zero-order chi connectivity index (χ0) is 30.0. The van der Waals surface area contributed by atoms with Crippen LogP contribution in [0.1, 0.15) is 48.8 Å². The first-order valence-corrected chi connectivity index (χ1v) is 12.8. The molecule has 0 fully saturated rings. The quantitative estimate of drug-likeness (QED) is 0.0719. The summed E-state index contributed by atoms with van der Waals surface area (Å²) in [6.07, 6.45) is -5.95. The number of halogens is 5. The van der Waals surface area contributed by atoms with Gasteiger partial charge >= 0.3 is 18.3 Å². The normalized spacial score (nSPS) is 12.7. The summed E-state index contributed by atoms with van der Waals surface area (Å²) >= 11 is 0. The minimum absolute atomic E-state index is 0.0404. The van der Waals surface area contributed by atoms with E-state index in [2.05, 4.69) is 0 Å². The van der Waals surface area contributed by atoms with Crippen molar-refractivity contribution in [3.63, 3.8) is 0 Å². The lowest BCUT2D eigenvalue weighted by atomic mass is 10.00. The molecule has 0 saturated carbocycles. The predicted molar refractivity (Wildman–Crippen MR) is 146 cm³/mol. The molecule has 3 aromatic rings. The van der Waals surface area contributed by atoms with Gasteiger partial charge in [-0.25, -0.2) is 4.79 Å². The molecule has 0 bridgehead atoms. The molecule has 0 spiro atoms. The third-order valence-corrected chi connectivity index (χ3v) is 5.97. The highest BCUT2D eigenvalue weighted by molar-refractivity contribution is 5.87. The number of nitrogens with two attached hydrogens (primary N) is 2. The molecule has 3 rings (SSSR count). The molecular weight excluding hydrogens is 547 g/mol. The monoisotopic (exact) mass is 578 g/mol. The van der Waals surface area contributed by atoms with Crippen molar-refractivity contribution in [2.45, 2.75) is 44.4 Å². The van der Waals surface area contributed by atoms with Crippen LogP contribution in [0.2, 0.25) is 0 Å². The lowest BCUT2D eigenvalue weighted by Crippen LogP contribution is -2.21. The summed E-state index contributed by atoms with van der Waals surface area (Å²) in [6, 6.07) is 15.7. The number of anilines is 2. The fraction of sp³-hybridized carbons (Fsp3) is 0.300. The molecule has 41 heavy (non-hydrogen) atoms. The van der Waals surface area contributed by atoms with Crippen molar-refractivity contribution < 1.29 is 41.0 Å². The van der Waals surface area contributed by atoms with Crippen LogP contribution in [0.15, 0.2) is 72.8 Å². The zero-order valence-corrected chi connectivity index (χ0v) is 22.3. The molecule has 0 heterocycles. The summed E-state index contributed by atoms with van der Waals surface area (Å²) < 4.78 is 81.2. The van der Waals surface area contributed by atoms with Gasteiger partial charge in [-0.2, -0.15) is 22.0 Å². The average molecular weight is 579 g/mol. The minimum Gasteiger partial charge on any atom is -0.494 e. The van der Waals surface area contributed by atoms with Gasteiger partial charge in [0.1, 0.15) is 11.5 Å². The molecule has 0 aliphatic carbocycles. The number of hydrogen-bond donors (Lipinski definition) is 2. The Morgan fingerprint density at radius 1 is 0.902 bits per heavy atom. The number of alkyl halides is 5. The Balaban J connectivity index is 1.46. The average Bonchev–Trinajstić information content (AvgIpc) is 2.90. The van der Waals surface area contributed by atoms with Crippen LogP contribution in [0, 0.1) is 0 Å². The molecular formula is C30H31F5N2O4. The van der Waals surface area contributed by atoms with Crippen molar-refractivity contribution >= 4 is 23.4 Å². The molecule has 0 radical (unpaired) electrons. The third-order valence-electron chi connectivity index (χ3n) is 5.97. The van der Waals surface area contributed by atoms with Crippen LogP contribution >= 0.6 is 0 Å². The van der Waals surface area contributed by atoms with Gasteiger partial charge in [-0.1, -0.05) is 25.1 Å².